The van der Waals surface area contributed by atoms with Gasteiger partial charge in [0.05, 0.1) is 0 Å². The lowest BCUT2D eigenvalue weighted by atomic mass is 9.77. The Balaban J connectivity index is 1.49. The molecule has 2 heteroatoms. The summed E-state index contributed by atoms with van der Waals surface area (Å²) in [6.07, 6.45) is 11.4. The van der Waals surface area contributed by atoms with Crippen molar-refractivity contribution >= 4 is 11.6 Å². The van der Waals surface area contributed by atoms with Crippen LogP contribution in [-0.4, -0.2) is 0 Å². The molecule has 0 unspecified atom stereocenters. The summed E-state index contributed by atoms with van der Waals surface area (Å²) in [6, 6.07) is 11.4. The van der Waals surface area contributed by atoms with Crippen molar-refractivity contribution in [3.8, 4) is 0 Å². The van der Waals surface area contributed by atoms with Gasteiger partial charge in [-0.25, -0.2) is 8.78 Å². The lowest BCUT2D eigenvalue weighted by molar-refractivity contribution is 0.308. The lowest BCUT2D eigenvalue weighted by Crippen LogP contribution is -2.13. The second kappa shape index (κ2) is 7.96. The molecule has 1 fully saturated rings. The largest absolute Gasteiger partial charge is 0.207 e. The number of hydrogen-bond donors (Lipinski definition) is 0. The molecule has 1 saturated carbocycles. The van der Waals surface area contributed by atoms with E-state index in [0.717, 1.165) is 18.4 Å². The molecule has 27 heavy (non-hydrogen) atoms. The number of fused-ring (bicyclic) bond motifs is 1. The molecule has 2 aromatic carbocycles. The Kier molecular flexibility index (Phi) is 5.43. The zero-order chi connectivity index (χ0) is 18.8. The Labute approximate surface area is 161 Å². The van der Waals surface area contributed by atoms with Gasteiger partial charge in [-0.1, -0.05) is 50.1 Å². The van der Waals surface area contributed by atoms with E-state index in [1.165, 1.54) is 61.3 Å². The van der Waals surface area contributed by atoms with Crippen molar-refractivity contribution in [1.29, 1.82) is 0 Å². The van der Waals surface area contributed by atoms with Gasteiger partial charge in [-0.15, -0.1) is 0 Å². The summed E-state index contributed by atoms with van der Waals surface area (Å²) in [5, 5.41) is 0. The van der Waals surface area contributed by atoms with Crippen molar-refractivity contribution in [2.45, 2.75) is 64.2 Å². The molecule has 4 rings (SSSR count). The van der Waals surface area contributed by atoms with E-state index in [4.69, 9.17) is 0 Å². The second-order valence-corrected chi connectivity index (χ2v) is 8.25. The Morgan fingerprint density at radius 1 is 0.926 bits per heavy atom. The van der Waals surface area contributed by atoms with Gasteiger partial charge in [0.25, 0.3) is 0 Å². The molecule has 0 saturated heterocycles. The SMILES string of the molecule is CCCC1CCC(c2ccc(C3=Cc4cc(F)cc(F)c4CC3)cc2)CC1. The van der Waals surface area contributed by atoms with Crippen molar-refractivity contribution in [3.05, 3.63) is 70.3 Å². The highest BCUT2D eigenvalue weighted by Gasteiger charge is 2.22. The molecule has 0 atom stereocenters. The molecular weight excluding hydrogens is 338 g/mol. The van der Waals surface area contributed by atoms with Crippen LogP contribution in [0.4, 0.5) is 8.78 Å². The van der Waals surface area contributed by atoms with Crippen molar-refractivity contribution in [2.75, 3.05) is 0 Å². The van der Waals surface area contributed by atoms with Crippen LogP contribution >= 0.6 is 0 Å². The van der Waals surface area contributed by atoms with Gasteiger partial charge in [0.15, 0.2) is 0 Å². The summed E-state index contributed by atoms with van der Waals surface area (Å²) in [7, 11) is 0. The van der Waals surface area contributed by atoms with Crippen LogP contribution in [-0.2, 0) is 6.42 Å². The Morgan fingerprint density at radius 2 is 1.67 bits per heavy atom. The van der Waals surface area contributed by atoms with Gasteiger partial charge in [0.2, 0.25) is 0 Å². The summed E-state index contributed by atoms with van der Waals surface area (Å²) in [5.74, 6) is 0.697. The van der Waals surface area contributed by atoms with Crippen molar-refractivity contribution < 1.29 is 8.78 Å². The Bertz CT molecular complexity index is 824. The number of rotatable bonds is 4. The minimum atomic E-state index is -0.502. The van der Waals surface area contributed by atoms with Crippen LogP contribution in [0.1, 0.15) is 80.0 Å². The van der Waals surface area contributed by atoms with Crippen molar-refractivity contribution in [1.82, 2.24) is 0 Å². The van der Waals surface area contributed by atoms with Gasteiger partial charge in [-0.05, 0) is 84.3 Å². The van der Waals surface area contributed by atoms with E-state index >= 15 is 0 Å². The minimum absolute atomic E-state index is 0.422. The molecule has 0 nitrogen and oxygen atoms in total. The standard InChI is InChI=1S/C25H28F2/c1-2-3-17-4-6-18(7-5-17)19-8-10-20(11-9-19)21-12-13-24-22(14-21)15-23(26)16-25(24)27/h8-11,14-18H,2-7,12-13H2,1H3. The molecule has 0 radical (unpaired) electrons. The molecule has 0 amide bonds. The van der Waals surface area contributed by atoms with Crippen LogP contribution in [0, 0.1) is 17.6 Å². The van der Waals surface area contributed by atoms with E-state index in [1.807, 2.05) is 6.08 Å². The molecule has 0 bridgehead atoms. The van der Waals surface area contributed by atoms with E-state index in [9.17, 15) is 8.78 Å². The molecule has 142 valence electrons. The Morgan fingerprint density at radius 3 is 2.37 bits per heavy atom. The van der Waals surface area contributed by atoms with E-state index in [2.05, 4.69) is 31.2 Å². The topological polar surface area (TPSA) is 0 Å². The highest BCUT2D eigenvalue weighted by atomic mass is 19.1. The van der Waals surface area contributed by atoms with Crippen LogP contribution < -0.4 is 0 Å². The summed E-state index contributed by atoms with van der Waals surface area (Å²) < 4.78 is 27.5. The van der Waals surface area contributed by atoms with Crippen LogP contribution in [0.3, 0.4) is 0 Å². The second-order valence-electron chi connectivity index (χ2n) is 8.25. The first-order valence-corrected chi connectivity index (χ1v) is 10.4. The fourth-order valence-corrected chi connectivity index (χ4v) is 4.93. The molecule has 0 spiro atoms. The average molecular weight is 366 g/mol. The third kappa shape index (κ3) is 4.00. The molecule has 2 aliphatic rings. The highest BCUT2D eigenvalue weighted by molar-refractivity contribution is 5.84. The van der Waals surface area contributed by atoms with Crippen LogP contribution in [0.5, 0.6) is 0 Å². The molecule has 0 heterocycles. The summed E-state index contributed by atoms with van der Waals surface area (Å²) in [6.45, 7) is 2.28. The molecular formula is C25H28F2. The minimum Gasteiger partial charge on any atom is -0.207 e. The van der Waals surface area contributed by atoms with E-state index in [-0.39, 0.29) is 0 Å². The van der Waals surface area contributed by atoms with E-state index < -0.39 is 11.6 Å². The van der Waals surface area contributed by atoms with Crippen LogP contribution in [0.25, 0.3) is 11.6 Å². The summed E-state index contributed by atoms with van der Waals surface area (Å²) in [5.41, 5.74) is 5.12. The molecule has 0 aliphatic heterocycles. The van der Waals surface area contributed by atoms with E-state index in [1.54, 1.807) is 0 Å². The first-order valence-electron chi connectivity index (χ1n) is 10.4. The highest BCUT2D eigenvalue weighted by Crippen LogP contribution is 2.38. The van der Waals surface area contributed by atoms with Gasteiger partial charge in [0.1, 0.15) is 11.6 Å². The predicted molar refractivity (Wildman–Crippen MR) is 109 cm³/mol. The fraction of sp³-hybridized carbons (Fsp3) is 0.440. The van der Waals surface area contributed by atoms with Gasteiger partial charge >= 0.3 is 0 Å². The van der Waals surface area contributed by atoms with Gasteiger partial charge in [-0.2, -0.15) is 0 Å². The predicted octanol–water partition coefficient (Wildman–Crippen LogP) is 7.53. The lowest BCUT2D eigenvalue weighted by Gasteiger charge is -2.28. The normalized spacial score (nSPS) is 22.3. The molecule has 2 aromatic rings. The smallest absolute Gasteiger partial charge is 0.129 e. The van der Waals surface area contributed by atoms with Crippen molar-refractivity contribution in [2.24, 2.45) is 5.92 Å². The van der Waals surface area contributed by atoms with Gasteiger partial charge in [0, 0.05) is 6.07 Å². The summed E-state index contributed by atoms with van der Waals surface area (Å²) in [4.78, 5) is 0. The first kappa shape index (κ1) is 18.4. The quantitative estimate of drug-likeness (QED) is 0.525. The fourth-order valence-electron chi connectivity index (χ4n) is 4.93. The Hall–Kier alpha value is -1.96. The molecule has 2 aliphatic carbocycles. The molecule has 0 N–H and O–H groups in total. The number of benzene rings is 2. The van der Waals surface area contributed by atoms with E-state index in [0.29, 0.717) is 23.5 Å². The van der Waals surface area contributed by atoms with Crippen molar-refractivity contribution in [3.63, 3.8) is 0 Å². The molecule has 0 aromatic heterocycles. The average Bonchev–Trinajstić information content (AvgIpc) is 2.68. The third-order valence-electron chi connectivity index (χ3n) is 6.47. The number of allylic oxidation sites excluding steroid dienone is 1. The third-order valence-corrected chi connectivity index (χ3v) is 6.47. The number of hydrogen-bond acceptors (Lipinski definition) is 0. The maximum absolute atomic E-state index is 13.9. The zero-order valence-corrected chi connectivity index (χ0v) is 16.1. The maximum atomic E-state index is 13.9. The maximum Gasteiger partial charge on any atom is 0.129 e. The zero-order valence-electron chi connectivity index (χ0n) is 16.1. The van der Waals surface area contributed by atoms with Crippen LogP contribution in [0.2, 0.25) is 0 Å². The van der Waals surface area contributed by atoms with Gasteiger partial charge in [-0.3, -0.25) is 0 Å². The van der Waals surface area contributed by atoms with Gasteiger partial charge < -0.3 is 0 Å². The number of halogens is 2. The summed E-state index contributed by atoms with van der Waals surface area (Å²) >= 11 is 0. The first-order chi connectivity index (χ1) is 13.1. The van der Waals surface area contributed by atoms with Crippen LogP contribution in [0.15, 0.2) is 36.4 Å². The monoisotopic (exact) mass is 366 g/mol.